The molecule has 1 saturated carbocycles. The summed E-state index contributed by atoms with van der Waals surface area (Å²) < 4.78 is 25.4. The summed E-state index contributed by atoms with van der Waals surface area (Å²) in [5.74, 6) is -2.38. The Bertz CT molecular complexity index is 816. The molecule has 116 valence electrons. The monoisotopic (exact) mass is 370 g/mol. The third-order valence-corrected chi connectivity index (χ3v) is 3.81. The first-order chi connectivity index (χ1) is 10.4. The molecule has 0 spiro atoms. The lowest BCUT2D eigenvalue weighted by molar-refractivity contribution is -0.141. The van der Waals surface area contributed by atoms with Crippen LogP contribution in [0.1, 0.15) is 12.8 Å². The van der Waals surface area contributed by atoms with Crippen LogP contribution in [0, 0.1) is 0 Å². The Balaban J connectivity index is 2.16. The fraction of sp³-hybridized carbons (Fsp3) is 0.357. The van der Waals surface area contributed by atoms with Crippen LogP contribution in [0.15, 0.2) is 27.5 Å². The predicted octanol–water partition coefficient (Wildman–Crippen LogP) is 2.17. The summed E-state index contributed by atoms with van der Waals surface area (Å²) in [7, 11) is 1.21. The van der Waals surface area contributed by atoms with E-state index in [1.54, 1.807) is 18.2 Å². The van der Waals surface area contributed by atoms with E-state index in [1.165, 1.54) is 7.11 Å². The highest BCUT2D eigenvalue weighted by molar-refractivity contribution is 9.10. The van der Waals surface area contributed by atoms with Gasteiger partial charge in [-0.2, -0.15) is 4.39 Å². The third kappa shape index (κ3) is 2.83. The van der Waals surface area contributed by atoms with Gasteiger partial charge >= 0.3 is 5.97 Å². The fourth-order valence-corrected chi connectivity index (χ4v) is 2.33. The van der Waals surface area contributed by atoms with E-state index in [0.717, 1.165) is 4.68 Å². The Morgan fingerprint density at radius 1 is 1.45 bits per heavy atom. The highest BCUT2D eigenvalue weighted by Gasteiger charge is 2.47. The standard InChI is InChI=1S/C14H12BrFN2O4/c1-21-11(19)7-18-13(20)9-3-2-8(15)6-10(9)12(17-18)22-14(16)4-5-14/h2-3,6H,4-5,7H2,1H3. The topological polar surface area (TPSA) is 70.4 Å². The third-order valence-electron chi connectivity index (χ3n) is 3.32. The highest BCUT2D eigenvalue weighted by Crippen LogP contribution is 2.42. The minimum absolute atomic E-state index is 0.0141. The second kappa shape index (κ2) is 5.35. The largest absolute Gasteiger partial charge is 0.468 e. The number of hydrogen-bond acceptors (Lipinski definition) is 5. The van der Waals surface area contributed by atoms with Gasteiger partial charge in [-0.25, -0.2) is 4.68 Å². The zero-order valence-corrected chi connectivity index (χ0v) is 13.2. The Morgan fingerprint density at radius 2 is 2.18 bits per heavy atom. The quantitative estimate of drug-likeness (QED) is 0.771. The summed E-state index contributed by atoms with van der Waals surface area (Å²) in [6.45, 7) is -0.364. The van der Waals surface area contributed by atoms with Crippen molar-refractivity contribution in [2.75, 3.05) is 7.11 Å². The van der Waals surface area contributed by atoms with Gasteiger partial charge in [0.25, 0.3) is 11.4 Å². The lowest BCUT2D eigenvalue weighted by atomic mass is 10.2. The number of nitrogens with zero attached hydrogens (tertiary/aromatic N) is 2. The molecule has 8 heteroatoms. The van der Waals surface area contributed by atoms with Gasteiger partial charge in [0.15, 0.2) is 0 Å². The fourth-order valence-electron chi connectivity index (χ4n) is 1.97. The van der Waals surface area contributed by atoms with Crippen molar-refractivity contribution in [3.05, 3.63) is 33.0 Å². The van der Waals surface area contributed by atoms with Gasteiger partial charge in [-0.3, -0.25) is 9.59 Å². The normalized spacial score (nSPS) is 15.6. The maximum absolute atomic E-state index is 13.9. The van der Waals surface area contributed by atoms with Crippen LogP contribution in [0.3, 0.4) is 0 Å². The number of aromatic nitrogens is 2. The molecule has 0 aliphatic heterocycles. The number of benzene rings is 1. The molecule has 0 N–H and O–H groups in total. The van der Waals surface area contributed by atoms with Crippen LogP contribution in [0.4, 0.5) is 4.39 Å². The lowest BCUT2D eigenvalue weighted by Gasteiger charge is -2.13. The number of hydrogen-bond donors (Lipinski definition) is 0. The van der Waals surface area contributed by atoms with Gasteiger partial charge in [0.2, 0.25) is 5.88 Å². The second-order valence-electron chi connectivity index (χ2n) is 5.02. The Morgan fingerprint density at radius 3 is 2.82 bits per heavy atom. The zero-order valence-electron chi connectivity index (χ0n) is 11.6. The molecule has 1 aliphatic rings. The van der Waals surface area contributed by atoms with E-state index in [4.69, 9.17) is 4.74 Å². The van der Waals surface area contributed by atoms with Crippen LogP contribution in [0.2, 0.25) is 0 Å². The smallest absolute Gasteiger partial charge is 0.327 e. The number of carbonyl (C=O) groups is 1. The lowest BCUT2D eigenvalue weighted by Crippen LogP contribution is -2.28. The molecule has 0 saturated heterocycles. The van der Waals surface area contributed by atoms with Gasteiger partial charge in [-0.05, 0) is 18.2 Å². The molecule has 22 heavy (non-hydrogen) atoms. The van der Waals surface area contributed by atoms with Crippen LogP contribution >= 0.6 is 15.9 Å². The maximum Gasteiger partial charge on any atom is 0.327 e. The molecule has 0 atom stereocenters. The molecule has 1 aliphatic carbocycles. The molecule has 0 bridgehead atoms. The summed E-state index contributed by atoms with van der Waals surface area (Å²) in [6, 6.07) is 4.88. The molecular weight excluding hydrogens is 359 g/mol. The molecule has 2 aromatic rings. The van der Waals surface area contributed by atoms with Gasteiger partial charge in [-0.15, -0.1) is 5.10 Å². The van der Waals surface area contributed by atoms with Gasteiger partial charge in [-0.1, -0.05) is 15.9 Å². The van der Waals surface area contributed by atoms with Crippen LogP contribution in [0.25, 0.3) is 10.8 Å². The van der Waals surface area contributed by atoms with Crippen LogP contribution in [-0.2, 0) is 16.1 Å². The van der Waals surface area contributed by atoms with Crippen molar-refractivity contribution in [2.45, 2.75) is 25.2 Å². The van der Waals surface area contributed by atoms with Crippen molar-refractivity contribution in [3.8, 4) is 5.88 Å². The predicted molar refractivity (Wildman–Crippen MR) is 79.4 cm³/mol. The second-order valence-corrected chi connectivity index (χ2v) is 5.93. The van der Waals surface area contributed by atoms with E-state index in [0.29, 0.717) is 15.2 Å². The van der Waals surface area contributed by atoms with Crippen molar-refractivity contribution in [2.24, 2.45) is 0 Å². The highest BCUT2D eigenvalue weighted by atomic mass is 79.9. The van der Waals surface area contributed by atoms with Crippen LogP contribution < -0.4 is 10.3 Å². The minimum atomic E-state index is -1.74. The first-order valence-electron chi connectivity index (χ1n) is 6.57. The van der Waals surface area contributed by atoms with Crippen molar-refractivity contribution >= 4 is 32.7 Å². The van der Waals surface area contributed by atoms with Crippen molar-refractivity contribution < 1.29 is 18.7 Å². The molecule has 0 unspecified atom stereocenters. The number of rotatable bonds is 4. The molecule has 0 radical (unpaired) electrons. The molecule has 3 rings (SSSR count). The average Bonchev–Trinajstić information content (AvgIpc) is 3.21. The minimum Gasteiger partial charge on any atom is -0.468 e. The summed E-state index contributed by atoms with van der Waals surface area (Å²) in [4.78, 5) is 23.7. The van der Waals surface area contributed by atoms with Gasteiger partial charge in [0.1, 0.15) is 6.54 Å². The average molecular weight is 371 g/mol. The summed E-state index contributed by atoms with van der Waals surface area (Å²) in [5.41, 5.74) is -0.469. The first kappa shape index (κ1) is 15.0. The summed E-state index contributed by atoms with van der Waals surface area (Å²) in [5, 5.41) is 4.66. The van der Waals surface area contributed by atoms with E-state index in [2.05, 4.69) is 25.8 Å². The van der Waals surface area contributed by atoms with Gasteiger partial charge < -0.3 is 9.47 Å². The number of halogens is 2. The molecular formula is C14H12BrFN2O4. The Labute approximate surface area is 132 Å². The maximum atomic E-state index is 13.9. The Hall–Kier alpha value is -1.96. The van der Waals surface area contributed by atoms with Crippen molar-refractivity contribution in [1.29, 1.82) is 0 Å². The molecule has 1 aromatic carbocycles. The van der Waals surface area contributed by atoms with Crippen molar-refractivity contribution in [1.82, 2.24) is 9.78 Å². The van der Waals surface area contributed by atoms with E-state index >= 15 is 0 Å². The SMILES string of the molecule is COC(=O)Cn1nc(OC2(F)CC2)c2cc(Br)ccc2c1=O. The van der Waals surface area contributed by atoms with E-state index in [1.807, 2.05) is 0 Å². The summed E-state index contributed by atoms with van der Waals surface area (Å²) in [6.07, 6.45) is 0.556. The summed E-state index contributed by atoms with van der Waals surface area (Å²) >= 11 is 3.30. The number of carbonyl (C=O) groups excluding carboxylic acids is 1. The molecule has 1 fully saturated rings. The molecule has 1 heterocycles. The van der Waals surface area contributed by atoms with Gasteiger partial charge in [0.05, 0.1) is 17.9 Å². The molecule has 6 nitrogen and oxygen atoms in total. The number of fused-ring (bicyclic) bond motifs is 1. The Kier molecular flexibility index (Phi) is 3.64. The van der Waals surface area contributed by atoms with Gasteiger partial charge in [0, 0.05) is 17.3 Å². The zero-order chi connectivity index (χ0) is 15.9. The first-order valence-corrected chi connectivity index (χ1v) is 7.36. The van der Waals surface area contributed by atoms with Crippen LogP contribution in [-0.4, -0.2) is 28.7 Å². The van der Waals surface area contributed by atoms with E-state index in [-0.39, 0.29) is 25.3 Å². The van der Waals surface area contributed by atoms with Crippen LogP contribution in [0.5, 0.6) is 5.88 Å². The number of alkyl halides is 1. The number of ether oxygens (including phenoxy) is 2. The van der Waals surface area contributed by atoms with E-state index < -0.39 is 17.4 Å². The van der Waals surface area contributed by atoms with Crippen molar-refractivity contribution in [3.63, 3.8) is 0 Å². The molecule has 0 amide bonds. The van der Waals surface area contributed by atoms with E-state index in [9.17, 15) is 14.0 Å². The number of esters is 1. The molecule has 1 aromatic heterocycles. The number of methoxy groups -OCH3 is 1.